The van der Waals surface area contributed by atoms with Gasteiger partial charge in [0, 0.05) is 43.6 Å². The molecule has 1 atom stereocenters. The van der Waals surface area contributed by atoms with E-state index in [1.54, 1.807) is 12.3 Å². The SMILES string of the molecule is CNCCCc1cc(C(=O)NC[C@H](O)CN2CCc3ccccc3C2)ccn1. The van der Waals surface area contributed by atoms with Crippen molar-refractivity contribution in [2.45, 2.75) is 31.9 Å². The third-order valence-corrected chi connectivity index (χ3v) is 5.12. The van der Waals surface area contributed by atoms with Crippen LogP contribution in [0.25, 0.3) is 0 Å². The fraction of sp³-hybridized carbons (Fsp3) is 0.455. The number of hydrogen-bond acceptors (Lipinski definition) is 5. The minimum Gasteiger partial charge on any atom is -0.390 e. The van der Waals surface area contributed by atoms with Gasteiger partial charge in [0.05, 0.1) is 6.10 Å². The first-order valence-electron chi connectivity index (χ1n) is 10.0. The Hall–Kier alpha value is -2.28. The molecule has 0 radical (unpaired) electrons. The van der Waals surface area contributed by atoms with Gasteiger partial charge in [-0.3, -0.25) is 14.7 Å². The molecule has 6 heteroatoms. The van der Waals surface area contributed by atoms with Crippen LogP contribution in [0.4, 0.5) is 0 Å². The molecule has 1 aliphatic rings. The van der Waals surface area contributed by atoms with Crippen LogP contribution in [0.1, 0.15) is 33.6 Å². The fourth-order valence-electron chi connectivity index (χ4n) is 3.59. The molecule has 0 saturated carbocycles. The maximum absolute atomic E-state index is 12.4. The van der Waals surface area contributed by atoms with Crippen molar-refractivity contribution in [2.75, 3.05) is 33.2 Å². The van der Waals surface area contributed by atoms with Crippen LogP contribution in [0.15, 0.2) is 42.6 Å². The lowest BCUT2D eigenvalue weighted by Gasteiger charge is -2.30. The molecule has 0 fully saturated rings. The van der Waals surface area contributed by atoms with Crippen LogP contribution in [0, 0.1) is 0 Å². The number of nitrogens with one attached hydrogen (secondary N) is 2. The highest BCUT2D eigenvalue weighted by Crippen LogP contribution is 2.18. The number of β-amino-alcohol motifs (C(OH)–C–C–N with tert-alkyl or cyclic N) is 1. The van der Waals surface area contributed by atoms with Gasteiger partial charge in [0.15, 0.2) is 0 Å². The summed E-state index contributed by atoms with van der Waals surface area (Å²) in [4.78, 5) is 19.0. The molecule has 3 N–H and O–H groups in total. The maximum Gasteiger partial charge on any atom is 0.251 e. The number of aliphatic hydroxyl groups is 1. The van der Waals surface area contributed by atoms with E-state index in [1.807, 2.05) is 13.1 Å². The molecule has 0 saturated heterocycles. The predicted molar refractivity (Wildman–Crippen MR) is 110 cm³/mol. The Bertz CT molecular complexity index is 781. The average Bonchev–Trinajstić information content (AvgIpc) is 2.72. The Morgan fingerprint density at radius 3 is 2.93 bits per heavy atom. The second kappa shape index (κ2) is 10.3. The van der Waals surface area contributed by atoms with Gasteiger partial charge in [-0.05, 0) is 56.1 Å². The van der Waals surface area contributed by atoms with Gasteiger partial charge in [-0.25, -0.2) is 0 Å². The number of rotatable bonds is 9. The van der Waals surface area contributed by atoms with Crippen LogP contribution in [0.3, 0.4) is 0 Å². The quantitative estimate of drug-likeness (QED) is 0.571. The summed E-state index contributed by atoms with van der Waals surface area (Å²) in [5.74, 6) is -0.166. The van der Waals surface area contributed by atoms with Gasteiger partial charge in [0.25, 0.3) is 5.91 Å². The van der Waals surface area contributed by atoms with Crippen molar-refractivity contribution in [3.05, 3.63) is 65.0 Å². The molecule has 2 heterocycles. The number of aromatic nitrogens is 1. The fourth-order valence-corrected chi connectivity index (χ4v) is 3.59. The molecular weight excluding hydrogens is 352 g/mol. The largest absolute Gasteiger partial charge is 0.390 e. The number of fused-ring (bicyclic) bond motifs is 1. The third-order valence-electron chi connectivity index (χ3n) is 5.12. The molecule has 2 aromatic rings. The van der Waals surface area contributed by atoms with Crippen molar-refractivity contribution < 1.29 is 9.90 Å². The summed E-state index contributed by atoms with van der Waals surface area (Å²) >= 11 is 0. The van der Waals surface area contributed by atoms with Gasteiger partial charge in [-0.2, -0.15) is 0 Å². The van der Waals surface area contributed by atoms with Crippen LogP contribution < -0.4 is 10.6 Å². The summed E-state index contributed by atoms with van der Waals surface area (Å²) in [5.41, 5.74) is 4.22. The van der Waals surface area contributed by atoms with Crippen LogP contribution >= 0.6 is 0 Å². The molecule has 0 unspecified atom stereocenters. The van der Waals surface area contributed by atoms with E-state index in [9.17, 15) is 9.90 Å². The molecule has 1 aromatic heterocycles. The minimum atomic E-state index is -0.592. The van der Waals surface area contributed by atoms with Crippen molar-refractivity contribution in [1.29, 1.82) is 0 Å². The molecule has 1 aromatic carbocycles. The van der Waals surface area contributed by atoms with E-state index in [2.05, 4.69) is 44.8 Å². The van der Waals surface area contributed by atoms with Crippen LogP contribution in [-0.4, -0.2) is 60.2 Å². The highest BCUT2D eigenvalue weighted by molar-refractivity contribution is 5.94. The van der Waals surface area contributed by atoms with Crippen molar-refractivity contribution in [3.8, 4) is 0 Å². The molecule has 0 aliphatic carbocycles. The predicted octanol–water partition coefficient (Wildman–Crippen LogP) is 1.38. The molecule has 28 heavy (non-hydrogen) atoms. The number of benzene rings is 1. The smallest absolute Gasteiger partial charge is 0.251 e. The first-order chi connectivity index (χ1) is 13.7. The van der Waals surface area contributed by atoms with Gasteiger partial charge < -0.3 is 15.7 Å². The lowest BCUT2D eigenvalue weighted by Crippen LogP contribution is -2.42. The number of aryl methyl sites for hydroxylation is 1. The van der Waals surface area contributed by atoms with Crippen molar-refractivity contribution >= 4 is 5.91 Å². The summed E-state index contributed by atoms with van der Waals surface area (Å²) in [6, 6.07) is 12.0. The van der Waals surface area contributed by atoms with E-state index in [4.69, 9.17) is 0 Å². The van der Waals surface area contributed by atoms with Crippen LogP contribution in [-0.2, 0) is 19.4 Å². The number of aliphatic hydroxyl groups excluding tert-OH is 1. The second-order valence-corrected chi connectivity index (χ2v) is 7.36. The first-order valence-corrected chi connectivity index (χ1v) is 10.0. The van der Waals surface area contributed by atoms with Crippen molar-refractivity contribution in [3.63, 3.8) is 0 Å². The van der Waals surface area contributed by atoms with Gasteiger partial charge in [0.1, 0.15) is 0 Å². The first kappa shape index (κ1) is 20.5. The monoisotopic (exact) mass is 382 g/mol. The lowest BCUT2D eigenvalue weighted by molar-refractivity contribution is 0.0841. The number of pyridine rings is 1. The molecular formula is C22H30N4O2. The maximum atomic E-state index is 12.4. The third kappa shape index (κ3) is 5.86. The van der Waals surface area contributed by atoms with E-state index in [0.717, 1.165) is 44.6 Å². The zero-order valence-electron chi connectivity index (χ0n) is 16.5. The number of nitrogens with zero attached hydrogens (tertiary/aromatic N) is 2. The number of hydrogen-bond donors (Lipinski definition) is 3. The molecule has 6 nitrogen and oxygen atoms in total. The summed E-state index contributed by atoms with van der Waals surface area (Å²) < 4.78 is 0. The summed E-state index contributed by atoms with van der Waals surface area (Å²) in [6.07, 6.45) is 3.90. The standard InChI is InChI=1S/C22H30N4O2/c1-23-10-4-7-20-13-18(8-11-24-20)22(28)25-14-21(27)16-26-12-9-17-5-2-3-6-19(17)15-26/h2-3,5-6,8,11,13,21,23,27H,4,7,9-10,12,14-16H2,1H3,(H,25,28)/t21-/m0/s1. The Morgan fingerprint density at radius 2 is 2.11 bits per heavy atom. The van der Waals surface area contributed by atoms with Gasteiger partial charge in [-0.15, -0.1) is 0 Å². The van der Waals surface area contributed by atoms with E-state index in [1.165, 1.54) is 11.1 Å². The average molecular weight is 383 g/mol. The van der Waals surface area contributed by atoms with Crippen molar-refractivity contribution in [1.82, 2.24) is 20.5 Å². The summed E-state index contributed by atoms with van der Waals surface area (Å²) in [7, 11) is 1.92. The Balaban J connectivity index is 1.45. The van der Waals surface area contributed by atoms with E-state index in [-0.39, 0.29) is 12.5 Å². The molecule has 1 aliphatic heterocycles. The van der Waals surface area contributed by atoms with Gasteiger partial charge in [-0.1, -0.05) is 24.3 Å². The summed E-state index contributed by atoms with van der Waals surface area (Å²) in [6.45, 7) is 3.50. The molecule has 0 spiro atoms. The van der Waals surface area contributed by atoms with E-state index in [0.29, 0.717) is 12.1 Å². The molecule has 3 rings (SSSR count). The zero-order valence-corrected chi connectivity index (χ0v) is 16.5. The highest BCUT2D eigenvalue weighted by Gasteiger charge is 2.19. The van der Waals surface area contributed by atoms with Gasteiger partial charge in [0.2, 0.25) is 0 Å². The number of amides is 1. The van der Waals surface area contributed by atoms with Gasteiger partial charge >= 0.3 is 0 Å². The van der Waals surface area contributed by atoms with E-state index < -0.39 is 6.10 Å². The topological polar surface area (TPSA) is 77.5 Å². The van der Waals surface area contributed by atoms with Crippen LogP contribution in [0.2, 0.25) is 0 Å². The molecule has 1 amide bonds. The molecule has 150 valence electrons. The Morgan fingerprint density at radius 1 is 1.29 bits per heavy atom. The Kier molecular flexibility index (Phi) is 7.54. The Labute approximate surface area is 167 Å². The molecule has 0 bridgehead atoms. The normalized spacial score (nSPS) is 15.1. The minimum absolute atomic E-state index is 0.166. The zero-order chi connectivity index (χ0) is 19.8. The number of carbonyl (C=O) groups excluding carboxylic acids is 1. The van der Waals surface area contributed by atoms with E-state index >= 15 is 0 Å². The lowest BCUT2D eigenvalue weighted by atomic mass is 10.00. The second-order valence-electron chi connectivity index (χ2n) is 7.36. The van der Waals surface area contributed by atoms with Crippen molar-refractivity contribution in [2.24, 2.45) is 0 Å². The van der Waals surface area contributed by atoms with Crippen LogP contribution in [0.5, 0.6) is 0 Å². The number of carbonyl (C=O) groups is 1. The summed E-state index contributed by atoms with van der Waals surface area (Å²) in [5, 5.41) is 16.3. The highest BCUT2D eigenvalue weighted by atomic mass is 16.3.